The molecule has 0 aliphatic rings. The number of allylic oxidation sites excluding steroid dienone is 1. The predicted octanol–water partition coefficient (Wildman–Crippen LogP) is 3.99. The molecular weight excluding hydrogens is 286 g/mol. The lowest BCUT2D eigenvalue weighted by Crippen LogP contribution is -2.03. The van der Waals surface area contributed by atoms with Gasteiger partial charge in [0.25, 0.3) is 0 Å². The van der Waals surface area contributed by atoms with Crippen LogP contribution in [0.25, 0.3) is 5.57 Å². The molecule has 1 N–H and O–H groups in total. The number of anilines is 1. The van der Waals surface area contributed by atoms with Crippen molar-refractivity contribution in [1.82, 2.24) is 0 Å². The molecule has 0 aliphatic carbocycles. The number of rotatable bonds is 6. The lowest BCUT2D eigenvalue weighted by molar-refractivity contribution is 0.0601. The van der Waals surface area contributed by atoms with Gasteiger partial charge < -0.3 is 10.1 Å². The molecule has 0 radical (unpaired) electrons. The van der Waals surface area contributed by atoms with Gasteiger partial charge in [0.05, 0.1) is 12.7 Å². The third-order valence-electron chi connectivity index (χ3n) is 3.37. The maximum absolute atomic E-state index is 11.4. The van der Waals surface area contributed by atoms with Crippen LogP contribution in [-0.2, 0) is 4.74 Å². The van der Waals surface area contributed by atoms with Crippen molar-refractivity contribution in [3.8, 4) is 12.3 Å². The SMILES string of the molecule is C#C/C(=C\CCNc1ccc(C(=O)OC)cc1)c1ccccc1. The quantitative estimate of drug-likeness (QED) is 0.498. The number of terminal acetylenes is 1. The number of ether oxygens (including phenoxy) is 1. The molecule has 0 amide bonds. The number of methoxy groups -OCH3 is 1. The number of esters is 1. The fourth-order valence-electron chi connectivity index (χ4n) is 2.15. The van der Waals surface area contributed by atoms with Crippen molar-refractivity contribution in [2.45, 2.75) is 6.42 Å². The maximum Gasteiger partial charge on any atom is 0.337 e. The van der Waals surface area contributed by atoms with Crippen LogP contribution in [0.2, 0.25) is 0 Å². The Labute approximate surface area is 137 Å². The smallest absolute Gasteiger partial charge is 0.337 e. The molecule has 0 unspecified atom stereocenters. The highest BCUT2D eigenvalue weighted by Crippen LogP contribution is 2.14. The van der Waals surface area contributed by atoms with Gasteiger partial charge in [0, 0.05) is 17.8 Å². The lowest BCUT2D eigenvalue weighted by atomic mass is 10.1. The molecule has 0 atom stereocenters. The van der Waals surface area contributed by atoms with Gasteiger partial charge in [-0.25, -0.2) is 4.79 Å². The molecule has 0 bridgehead atoms. The molecule has 2 aromatic carbocycles. The van der Waals surface area contributed by atoms with Crippen LogP contribution in [0.1, 0.15) is 22.3 Å². The van der Waals surface area contributed by atoms with Gasteiger partial charge in [-0.15, -0.1) is 6.42 Å². The largest absolute Gasteiger partial charge is 0.465 e. The van der Waals surface area contributed by atoms with E-state index in [-0.39, 0.29) is 5.97 Å². The molecular formula is C20H19NO2. The fourth-order valence-corrected chi connectivity index (χ4v) is 2.15. The van der Waals surface area contributed by atoms with Crippen LogP contribution in [0.5, 0.6) is 0 Å². The van der Waals surface area contributed by atoms with E-state index in [4.69, 9.17) is 6.42 Å². The Bertz CT molecular complexity index is 710. The summed E-state index contributed by atoms with van der Waals surface area (Å²) in [6.45, 7) is 0.760. The van der Waals surface area contributed by atoms with Gasteiger partial charge in [-0.1, -0.05) is 42.3 Å². The molecule has 0 fully saturated rings. The van der Waals surface area contributed by atoms with Gasteiger partial charge in [-0.05, 0) is 36.2 Å². The summed E-state index contributed by atoms with van der Waals surface area (Å²) in [5.74, 6) is 2.39. The number of carbonyl (C=O) groups is 1. The second kappa shape index (κ2) is 8.45. The molecule has 0 aliphatic heterocycles. The zero-order valence-electron chi connectivity index (χ0n) is 13.1. The molecule has 23 heavy (non-hydrogen) atoms. The van der Waals surface area contributed by atoms with E-state index in [1.54, 1.807) is 12.1 Å². The molecule has 3 heteroatoms. The Morgan fingerprint density at radius 1 is 1.13 bits per heavy atom. The second-order valence-electron chi connectivity index (χ2n) is 4.91. The standard InChI is InChI=1S/C20H19NO2/c1-3-16(17-8-5-4-6-9-17)10-7-15-21-19-13-11-18(12-14-19)20(22)23-2/h1,4-6,8-14,21H,7,15H2,2H3/b16-10+. The molecule has 0 heterocycles. The predicted molar refractivity (Wildman–Crippen MR) is 94.1 cm³/mol. The van der Waals surface area contributed by atoms with E-state index in [0.717, 1.165) is 29.8 Å². The minimum absolute atomic E-state index is 0.332. The van der Waals surface area contributed by atoms with Crippen LogP contribution in [0.15, 0.2) is 60.7 Å². The number of benzene rings is 2. The van der Waals surface area contributed by atoms with Gasteiger partial charge in [-0.2, -0.15) is 0 Å². The molecule has 116 valence electrons. The summed E-state index contributed by atoms with van der Waals surface area (Å²) >= 11 is 0. The van der Waals surface area contributed by atoms with Crippen molar-refractivity contribution in [3.05, 3.63) is 71.8 Å². The topological polar surface area (TPSA) is 38.3 Å². The zero-order chi connectivity index (χ0) is 16.5. The summed E-state index contributed by atoms with van der Waals surface area (Å²) in [6, 6.07) is 17.1. The first-order valence-corrected chi connectivity index (χ1v) is 7.39. The minimum Gasteiger partial charge on any atom is -0.465 e. The molecule has 0 saturated carbocycles. The minimum atomic E-state index is -0.332. The first kappa shape index (κ1) is 16.4. The first-order chi connectivity index (χ1) is 11.2. The van der Waals surface area contributed by atoms with E-state index in [9.17, 15) is 4.79 Å². The Morgan fingerprint density at radius 2 is 1.83 bits per heavy atom. The highest BCUT2D eigenvalue weighted by Gasteiger charge is 2.03. The number of carbonyl (C=O) groups excluding carboxylic acids is 1. The van der Waals surface area contributed by atoms with Crippen LogP contribution < -0.4 is 5.32 Å². The first-order valence-electron chi connectivity index (χ1n) is 7.39. The van der Waals surface area contributed by atoms with Crippen molar-refractivity contribution in [2.75, 3.05) is 19.0 Å². The number of hydrogen-bond acceptors (Lipinski definition) is 3. The molecule has 2 rings (SSSR count). The normalized spacial score (nSPS) is 10.7. The van der Waals surface area contributed by atoms with Crippen molar-refractivity contribution >= 4 is 17.2 Å². The highest BCUT2D eigenvalue weighted by molar-refractivity contribution is 5.89. The van der Waals surface area contributed by atoms with E-state index >= 15 is 0 Å². The van der Waals surface area contributed by atoms with E-state index in [2.05, 4.69) is 16.0 Å². The van der Waals surface area contributed by atoms with Gasteiger partial charge in [-0.3, -0.25) is 0 Å². The molecule has 0 aromatic heterocycles. The molecule has 2 aromatic rings. The van der Waals surface area contributed by atoms with Gasteiger partial charge in [0.1, 0.15) is 0 Å². The van der Waals surface area contributed by atoms with Gasteiger partial charge in [0.2, 0.25) is 0 Å². The Balaban J connectivity index is 1.88. The number of nitrogens with one attached hydrogen (secondary N) is 1. The molecule has 0 spiro atoms. The lowest BCUT2D eigenvalue weighted by Gasteiger charge is -2.06. The van der Waals surface area contributed by atoms with Crippen molar-refractivity contribution < 1.29 is 9.53 Å². The summed E-state index contributed by atoms with van der Waals surface area (Å²) in [6.07, 6.45) is 8.43. The fraction of sp³-hybridized carbons (Fsp3) is 0.150. The van der Waals surface area contributed by atoms with Crippen molar-refractivity contribution in [3.63, 3.8) is 0 Å². The number of hydrogen-bond donors (Lipinski definition) is 1. The van der Waals surface area contributed by atoms with Crippen molar-refractivity contribution in [2.24, 2.45) is 0 Å². The molecule has 3 nitrogen and oxygen atoms in total. The monoisotopic (exact) mass is 305 g/mol. The van der Waals surface area contributed by atoms with E-state index in [1.807, 2.05) is 48.5 Å². The van der Waals surface area contributed by atoms with Gasteiger partial charge >= 0.3 is 5.97 Å². The van der Waals surface area contributed by atoms with Crippen LogP contribution in [0.4, 0.5) is 5.69 Å². The zero-order valence-corrected chi connectivity index (χ0v) is 13.1. The third-order valence-corrected chi connectivity index (χ3v) is 3.37. The summed E-state index contributed by atoms with van der Waals surface area (Å²) in [4.78, 5) is 11.4. The highest BCUT2D eigenvalue weighted by atomic mass is 16.5. The van der Waals surface area contributed by atoms with Crippen LogP contribution >= 0.6 is 0 Å². The Morgan fingerprint density at radius 3 is 2.43 bits per heavy atom. The maximum atomic E-state index is 11.4. The summed E-state index contributed by atoms with van der Waals surface area (Å²) in [5, 5.41) is 3.29. The van der Waals surface area contributed by atoms with Crippen LogP contribution in [0, 0.1) is 12.3 Å². The summed E-state index contributed by atoms with van der Waals surface area (Å²) < 4.78 is 4.67. The average molecular weight is 305 g/mol. The van der Waals surface area contributed by atoms with E-state index in [0.29, 0.717) is 5.56 Å². The molecule has 0 saturated heterocycles. The van der Waals surface area contributed by atoms with Crippen LogP contribution in [0.3, 0.4) is 0 Å². The summed E-state index contributed by atoms with van der Waals surface area (Å²) in [7, 11) is 1.37. The van der Waals surface area contributed by atoms with E-state index in [1.165, 1.54) is 7.11 Å². The Hall–Kier alpha value is -2.99. The third kappa shape index (κ3) is 4.76. The van der Waals surface area contributed by atoms with E-state index < -0.39 is 0 Å². The second-order valence-corrected chi connectivity index (χ2v) is 4.91. The van der Waals surface area contributed by atoms with Gasteiger partial charge in [0.15, 0.2) is 0 Å². The summed E-state index contributed by atoms with van der Waals surface area (Å²) in [5.41, 5.74) is 3.44. The van der Waals surface area contributed by atoms with Crippen LogP contribution in [-0.4, -0.2) is 19.6 Å². The average Bonchev–Trinajstić information content (AvgIpc) is 2.62. The Kier molecular flexibility index (Phi) is 6.02. The van der Waals surface area contributed by atoms with Crippen molar-refractivity contribution in [1.29, 1.82) is 0 Å².